The van der Waals surface area contributed by atoms with Crippen molar-refractivity contribution < 1.29 is 22.7 Å². The molecule has 0 spiro atoms. The van der Waals surface area contributed by atoms with Crippen molar-refractivity contribution in [3.05, 3.63) is 59.7 Å². The fraction of sp³-hybridized carbons (Fsp3) is 0.486. The first-order valence-corrected chi connectivity index (χ1v) is 16.2. The second-order valence-electron chi connectivity index (χ2n) is 13.0. The molecule has 0 N–H and O–H groups in total. The number of benzene rings is 2. The zero-order valence-corrected chi connectivity index (χ0v) is 25.8. The first-order chi connectivity index (χ1) is 22.3. The van der Waals surface area contributed by atoms with Crippen LogP contribution in [0.1, 0.15) is 49.7 Å². The number of alkyl halides is 1. The van der Waals surface area contributed by atoms with Crippen LogP contribution in [-0.2, 0) is 17.6 Å². The van der Waals surface area contributed by atoms with E-state index in [2.05, 4.69) is 22.5 Å². The number of carbonyl (C=O) groups excluding carboxylic acids is 1. The van der Waals surface area contributed by atoms with E-state index < -0.39 is 29.4 Å². The van der Waals surface area contributed by atoms with E-state index in [-0.39, 0.29) is 60.3 Å². The molecule has 240 valence electrons. The summed E-state index contributed by atoms with van der Waals surface area (Å²) < 4.78 is 53.6. The van der Waals surface area contributed by atoms with Gasteiger partial charge in [0.2, 0.25) is 5.91 Å². The Hall–Kier alpha value is -4.17. The third-order valence-corrected chi connectivity index (χ3v) is 10.3. The molecule has 7 rings (SSSR count). The first kappa shape index (κ1) is 30.5. The van der Waals surface area contributed by atoms with Gasteiger partial charge in [-0.15, -0.1) is 0 Å². The standard InChI is InChI=1S/C35H37F3N6O2/c1-2-29(45)44-16-15-42(20-24(44)11-13-39)33-27-17-28(37)30(26-10-5-8-22-7-3-4-9-25(22)26)31(38)32(27)40-34(41-33)46-21-35-12-6-14-43(35)19-23(36)18-35/h2,5,8,10,17,23-24H,1,3-4,6-7,9,11-12,14-16,18-21H2/t23-,24+,35?/m1/s1. The number of ether oxygens (including phenoxy) is 1. The van der Waals surface area contributed by atoms with Crippen LogP contribution in [0.5, 0.6) is 6.01 Å². The highest BCUT2D eigenvalue weighted by molar-refractivity contribution is 5.94. The van der Waals surface area contributed by atoms with E-state index in [0.717, 1.165) is 56.2 Å². The molecule has 3 aromatic rings. The molecule has 0 saturated carbocycles. The molecule has 4 aliphatic rings. The van der Waals surface area contributed by atoms with Crippen LogP contribution in [0.4, 0.5) is 19.0 Å². The fourth-order valence-corrected chi connectivity index (χ4v) is 8.11. The van der Waals surface area contributed by atoms with Crippen LogP contribution in [0.15, 0.2) is 36.9 Å². The molecule has 2 aromatic carbocycles. The Morgan fingerprint density at radius 1 is 1.15 bits per heavy atom. The van der Waals surface area contributed by atoms with Crippen molar-refractivity contribution in [2.24, 2.45) is 0 Å². The number of carbonyl (C=O) groups is 1. The minimum absolute atomic E-state index is 0.0667. The average molecular weight is 631 g/mol. The lowest BCUT2D eigenvalue weighted by atomic mass is 9.85. The van der Waals surface area contributed by atoms with Gasteiger partial charge in [0.05, 0.1) is 29.6 Å². The summed E-state index contributed by atoms with van der Waals surface area (Å²) >= 11 is 0. The highest BCUT2D eigenvalue weighted by atomic mass is 19.1. The molecule has 3 fully saturated rings. The zero-order chi connectivity index (χ0) is 32.0. The maximum atomic E-state index is 16.8. The Balaban J connectivity index is 1.33. The van der Waals surface area contributed by atoms with Gasteiger partial charge in [-0.05, 0) is 73.9 Å². The highest BCUT2D eigenvalue weighted by Crippen LogP contribution is 2.42. The fourth-order valence-electron chi connectivity index (χ4n) is 8.11. The van der Waals surface area contributed by atoms with Gasteiger partial charge in [0.1, 0.15) is 29.9 Å². The zero-order valence-electron chi connectivity index (χ0n) is 25.8. The molecular formula is C35H37F3N6O2. The molecule has 1 aliphatic carbocycles. The SMILES string of the molecule is C=CC(=O)N1CCN(c2nc(OCC34CCCN3C[C@H](F)C4)nc3c(F)c(-c4cccc5c4CCCC5)c(F)cc23)C[C@@H]1CC#N. The van der Waals surface area contributed by atoms with Gasteiger partial charge in [0.25, 0.3) is 0 Å². The Labute approximate surface area is 266 Å². The van der Waals surface area contributed by atoms with Gasteiger partial charge in [-0.1, -0.05) is 24.8 Å². The van der Waals surface area contributed by atoms with Crippen molar-refractivity contribution in [2.45, 2.75) is 69.1 Å². The minimum atomic E-state index is -0.941. The smallest absolute Gasteiger partial charge is 0.319 e. The van der Waals surface area contributed by atoms with Crippen LogP contribution in [-0.4, -0.2) is 82.8 Å². The number of piperazine rings is 1. The minimum Gasteiger partial charge on any atom is -0.461 e. The number of nitrogens with zero attached hydrogens (tertiary/aromatic N) is 6. The van der Waals surface area contributed by atoms with Crippen molar-refractivity contribution >= 4 is 22.6 Å². The van der Waals surface area contributed by atoms with Crippen LogP contribution in [0, 0.1) is 23.0 Å². The number of rotatable bonds is 7. The molecule has 46 heavy (non-hydrogen) atoms. The topological polar surface area (TPSA) is 85.6 Å². The van der Waals surface area contributed by atoms with Crippen molar-refractivity contribution in [2.75, 3.05) is 44.2 Å². The number of hydrogen-bond donors (Lipinski definition) is 0. The van der Waals surface area contributed by atoms with Gasteiger partial charge in [-0.3, -0.25) is 9.69 Å². The number of halogens is 3. The van der Waals surface area contributed by atoms with E-state index in [0.29, 0.717) is 25.1 Å². The van der Waals surface area contributed by atoms with Crippen LogP contribution >= 0.6 is 0 Å². The van der Waals surface area contributed by atoms with Gasteiger partial charge >= 0.3 is 6.01 Å². The van der Waals surface area contributed by atoms with E-state index >= 15 is 8.78 Å². The summed E-state index contributed by atoms with van der Waals surface area (Å²) in [6.07, 6.45) is 6.02. The Bertz CT molecular complexity index is 1740. The largest absolute Gasteiger partial charge is 0.461 e. The predicted octanol–water partition coefficient (Wildman–Crippen LogP) is 5.53. The number of nitriles is 1. The molecule has 3 aliphatic heterocycles. The number of aryl methyl sites for hydroxylation is 1. The van der Waals surface area contributed by atoms with Crippen molar-refractivity contribution in [3.63, 3.8) is 0 Å². The molecule has 11 heteroatoms. The molecule has 1 unspecified atom stereocenters. The van der Waals surface area contributed by atoms with Gasteiger partial charge in [0.15, 0.2) is 5.82 Å². The number of anilines is 1. The lowest BCUT2D eigenvalue weighted by Gasteiger charge is -2.41. The summed E-state index contributed by atoms with van der Waals surface area (Å²) in [5, 5.41) is 9.70. The van der Waals surface area contributed by atoms with Crippen LogP contribution in [0.3, 0.4) is 0 Å². The number of aromatic nitrogens is 2. The van der Waals surface area contributed by atoms with E-state index in [9.17, 15) is 14.4 Å². The number of fused-ring (bicyclic) bond motifs is 3. The maximum Gasteiger partial charge on any atom is 0.319 e. The summed E-state index contributed by atoms with van der Waals surface area (Å²) in [6, 6.07) is 8.51. The molecule has 0 radical (unpaired) electrons. The molecule has 4 heterocycles. The van der Waals surface area contributed by atoms with Gasteiger partial charge in [-0.2, -0.15) is 15.2 Å². The Kier molecular flexibility index (Phi) is 8.09. The van der Waals surface area contributed by atoms with E-state index in [1.165, 1.54) is 12.1 Å². The maximum absolute atomic E-state index is 16.8. The summed E-state index contributed by atoms with van der Waals surface area (Å²) in [4.78, 5) is 27.3. The number of amides is 1. The first-order valence-electron chi connectivity index (χ1n) is 16.2. The normalized spacial score (nSPS) is 24.5. The van der Waals surface area contributed by atoms with Crippen molar-refractivity contribution in [1.29, 1.82) is 5.26 Å². The van der Waals surface area contributed by atoms with E-state index in [1.54, 1.807) is 11.0 Å². The van der Waals surface area contributed by atoms with Crippen molar-refractivity contribution in [1.82, 2.24) is 19.8 Å². The molecule has 0 bridgehead atoms. The van der Waals surface area contributed by atoms with E-state index in [4.69, 9.17) is 9.72 Å². The molecule has 8 nitrogen and oxygen atoms in total. The second kappa shape index (κ2) is 12.2. The van der Waals surface area contributed by atoms with Crippen LogP contribution in [0.25, 0.3) is 22.0 Å². The third-order valence-electron chi connectivity index (χ3n) is 10.3. The molecular weight excluding hydrogens is 593 g/mol. The lowest BCUT2D eigenvalue weighted by Crippen LogP contribution is -2.55. The summed E-state index contributed by atoms with van der Waals surface area (Å²) in [7, 11) is 0. The van der Waals surface area contributed by atoms with Gasteiger partial charge < -0.3 is 14.5 Å². The van der Waals surface area contributed by atoms with Crippen molar-refractivity contribution in [3.8, 4) is 23.2 Å². The Morgan fingerprint density at radius 3 is 2.83 bits per heavy atom. The average Bonchev–Trinajstić information content (AvgIpc) is 3.59. The van der Waals surface area contributed by atoms with Gasteiger partial charge in [0, 0.05) is 38.0 Å². The van der Waals surface area contributed by atoms with Gasteiger partial charge in [-0.25, -0.2) is 13.2 Å². The monoisotopic (exact) mass is 630 g/mol. The molecule has 1 aromatic heterocycles. The van der Waals surface area contributed by atoms with E-state index in [1.807, 2.05) is 17.0 Å². The summed E-state index contributed by atoms with van der Waals surface area (Å²) in [5.74, 6) is -1.52. The highest BCUT2D eigenvalue weighted by Gasteiger charge is 2.49. The second-order valence-corrected chi connectivity index (χ2v) is 13.0. The lowest BCUT2D eigenvalue weighted by molar-refractivity contribution is -0.128. The number of hydrogen-bond acceptors (Lipinski definition) is 7. The van der Waals surface area contributed by atoms with Crippen LogP contribution < -0.4 is 9.64 Å². The molecule has 1 amide bonds. The predicted molar refractivity (Wildman–Crippen MR) is 168 cm³/mol. The summed E-state index contributed by atoms with van der Waals surface area (Å²) in [5.41, 5.74) is 1.93. The molecule has 3 atom stereocenters. The third kappa shape index (κ3) is 5.26. The molecule has 3 saturated heterocycles. The Morgan fingerprint density at radius 2 is 2.00 bits per heavy atom. The summed E-state index contributed by atoms with van der Waals surface area (Å²) in [6.45, 7) is 5.69. The quantitative estimate of drug-likeness (QED) is 0.318. The van der Waals surface area contributed by atoms with Crippen LogP contribution in [0.2, 0.25) is 0 Å².